The zero-order valence-corrected chi connectivity index (χ0v) is 20.3. The van der Waals surface area contributed by atoms with Crippen molar-refractivity contribution in [3.63, 3.8) is 0 Å². The number of esters is 2. The number of fused-ring (bicyclic) bond motifs is 3. The number of carbonyl (C=O) groups is 2. The zero-order valence-electron chi connectivity index (χ0n) is 19.5. The highest BCUT2D eigenvalue weighted by Crippen LogP contribution is 2.46. The number of aryl methyl sites for hydroxylation is 1. The van der Waals surface area contributed by atoms with E-state index in [4.69, 9.17) is 9.47 Å². The van der Waals surface area contributed by atoms with Gasteiger partial charge in [-0.3, -0.25) is 0 Å². The van der Waals surface area contributed by atoms with Crippen molar-refractivity contribution in [1.29, 1.82) is 0 Å². The molecule has 4 rings (SSSR count). The molecule has 0 spiro atoms. The maximum Gasteiger partial charge on any atom is 0.573 e. The largest absolute Gasteiger partial charge is 0.573 e. The summed E-state index contributed by atoms with van der Waals surface area (Å²) in [7, 11) is 0. The van der Waals surface area contributed by atoms with Gasteiger partial charge in [-0.25, -0.2) is 9.59 Å². The predicted molar refractivity (Wildman–Crippen MR) is 137 cm³/mol. The van der Waals surface area contributed by atoms with Gasteiger partial charge in [0.1, 0.15) is 0 Å². The lowest BCUT2D eigenvalue weighted by atomic mass is 10.0. The molecule has 5 nitrogen and oxygen atoms in total. The monoisotopic (exact) mass is 526 g/mol. The first-order valence-electron chi connectivity index (χ1n) is 11.2. The first kappa shape index (κ1) is 26.0. The molecule has 0 N–H and O–H groups in total. The highest BCUT2D eigenvalue weighted by molar-refractivity contribution is 7.26. The molecule has 0 aliphatic heterocycles. The van der Waals surface area contributed by atoms with Crippen molar-refractivity contribution in [2.24, 2.45) is 0 Å². The normalized spacial score (nSPS) is 11.3. The molecule has 3 aromatic carbocycles. The van der Waals surface area contributed by atoms with Crippen LogP contribution in [0.15, 0.2) is 79.9 Å². The van der Waals surface area contributed by atoms with Crippen LogP contribution in [0.2, 0.25) is 0 Å². The second-order valence-electron chi connectivity index (χ2n) is 7.93. The number of benzene rings is 3. The van der Waals surface area contributed by atoms with Crippen molar-refractivity contribution in [3.05, 3.63) is 85.5 Å². The van der Waals surface area contributed by atoms with Gasteiger partial charge in [0.05, 0.1) is 11.3 Å². The van der Waals surface area contributed by atoms with E-state index < -0.39 is 24.1 Å². The summed E-state index contributed by atoms with van der Waals surface area (Å²) in [5.41, 5.74) is 2.91. The second kappa shape index (κ2) is 10.9. The van der Waals surface area contributed by atoms with Crippen LogP contribution in [0.1, 0.15) is 12.0 Å². The molecular weight excluding hydrogens is 505 g/mol. The molecule has 9 heteroatoms. The van der Waals surface area contributed by atoms with Crippen LogP contribution < -0.4 is 9.47 Å². The summed E-state index contributed by atoms with van der Waals surface area (Å²) in [5, 5.41) is 1.31. The van der Waals surface area contributed by atoms with Gasteiger partial charge in [0.2, 0.25) is 0 Å². The van der Waals surface area contributed by atoms with Gasteiger partial charge in [0.15, 0.2) is 11.5 Å². The Kier molecular flexibility index (Phi) is 7.63. The molecule has 1 aromatic heterocycles. The van der Waals surface area contributed by atoms with Crippen LogP contribution >= 0.6 is 11.3 Å². The molecule has 0 saturated carbocycles. The Balaban J connectivity index is 1.63. The lowest BCUT2D eigenvalue weighted by molar-refractivity contribution is -0.274. The number of alkyl halides is 3. The van der Waals surface area contributed by atoms with Crippen LogP contribution in [0, 0.1) is 0 Å². The number of rotatable bonds is 9. The van der Waals surface area contributed by atoms with Crippen LogP contribution in [0.5, 0.6) is 11.5 Å². The van der Waals surface area contributed by atoms with E-state index in [9.17, 15) is 22.8 Å². The van der Waals surface area contributed by atoms with E-state index in [0.29, 0.717) is 18.4 Å². The maximum absolute atomic E-state index is 13.2. The van der Waals surface area contributed by atoms with Crippen molar-refractivity contribution in [2.75, 3.05) is 6.61 Å². The van der Waals surface area contributed by atoms with E-state index >= 15 is 0 Å². The fourth-order valence-electron chi connectivity index (χ4n) is 3.79. The van der Waals surface area contributed by atoms with E-state index in [-0.39, 0.29) is 10.4 Å². The van der Waals surface area contributed by atoms with E-state index in [0.717, 1.165) is 56.7 Å². The number of hydrogen-bond donors (Lipinski definition) is 0. The van der Waals surface area contributed by atoms with Gasteiger partial charge >= 0.3 is 18.3 Å². The Bertz CT molecular complexity index is 1490. The highest BCUT2D eigenvalue weighted by Gasteiger charge is 2.34. The molecule has 190 valence electrons. The van der Waals surface area contributed by atoms with E-state index in [1.807, 2.05) is 42.5 Å². The summed E-state index contributed by atoms with van der Waals surface area (Å²) in [6.07, 6.45) is -1.57. The van der Waals surface area contributed by atoms with Crippen LogP contribution in [0.4, 0.5) is 13.2 Å². The number of hydrogen-bond acceptors (Lipinski definition) is 6. The Morgan fingerprint density at radius 2 is 1.57 bits per heavy atom. The third-order valence-corrected chi connectivity index (χ3v) is 6.63. The number of halogens is 3. The van der Waals surface area contributed by atoms with Gasteiger partial charge in [0, 0.05) is 27.6 Å². The summed E-state index contributed by atoms with van der Waals surface area (Å²) in [6, 6.07) is 16.4. The molecule has 0 saturated heterocycles. The van der Waals surface area contributed by atoms with Gasteiger partial charge in [-0.2, -0.15) is 0 Å². The first-order chi connectivity index (χ1) is 17.7. The average molecular weight is 527 g/mol. The molecule has 0 atom stereocenters. The van der Waals surface area contributed by atoms with Crippen LogP contribution in [0.3, 0.4) is 0 Å². The highest BCUT2D eigenvalue weighted by atomic mass is 32.1. The standard InChI is InChI=1S/C28H21F3O5S/c1-3-24(32)34-15-5-6-17-7-9-18(10-8-17)19-11-12-20-21-13-14-22(35-25(33)4-2)26(36-28(29,30)31)27(21)37-23(20)16-19/h3-4,7-14,16H,1-2,5-6,15H2. The van der Waals surface area contributed by atoms with E-state index in [1.54, 1.807) is 6.07 Å². The van der Waals surface area contributed by atoms with Crippen LogP contribution in [-0.2, 0) is 20.7 Å². The third-order valence-electron chi connectivity index (χ3n) is 5.46. The fourth-order valence-corrected chi connectivity index (χ4v) is 5.01. The quantitative estimate of drug-likeness (QED) is 0.0986. The number of thiophene rings is 1. The lowest BCUT2D eigenvalue weighted by Crippen LogP contribution is -2.18. The van der Waals surface area contributed by atoms with Crippen molar-refractivity contribution in [3.8, 4) is 22.6 Å². The molecule has 0 aliphatic rings. The SMILES string of the molecule is C=CC(=O)OCCCc1ccc(-c2ccc3c(c2)sc2c(OC(F)(F)F)c(OC(=O)C=C)ccc23)cc1. The molecule has 37 heavy (non-hydrogen) atoms. The third kappa shape index (κ3) is 6.18. The molecule has 1 heterocycles. The van der Waals surface area contributed by atoms with E-state index in [2.05, 4.69) is 17.9 Å². The Morgan fingerprint density at radius 3 is 2.24 bits per heavy atom. The minimum absolute atomic E-state index is 0.214. The first-order valence-corrected chi connectivity index (χ1v) is 12.0. The Labute approximate surface area is 214 Å². The summed E-state index contributed by atoms with van der Waals surface area (Å²) in [4.78, 5) is 22.8. The van der Waals surface area contributed by atoms with Gasteiger partial charge in [-0.05, 0) is 47.7 Å². The Hall–Kier alpha value is -4.11. The van der Waals surface area contributed by atoms with E-state index in [1.165, 1.54) is 6.07 Å². The minimum atomic E-state index is -4.97. The van der Waals surface area contributed by atoms with Crippen molar-refractivity contribution in [1.82, 2.24) is 0 Å². The molecule has 0 aliphatic carbocycles. The fraction of sp³-hybridized carbons (Fsp3) is 0.143. The molecule has 0 fully saturated rings. The van der Waals surface area contributed by atoms with Gasteiger partial charge in [0.25, 0.3) is 0 Å². The maximum atomic E-state index is 13.2. The summed E-state index contributed by atoms with van der Waals surface area (Å²) in [5.74, 6) is -2.24. The van der Waals surface area contributed by atoms with Crippen molar-refractivity contribution in [2.45, 2.75) is 19.2 Å². The topological polar surface area (TPSA) is 61.8 Å². The van der Waals surface area contributed by atoms with Crippen LogP contribution in [-0.4, -0.2) is 24.9 Å². The molecule has 4 aromatic rings. The molecule has 0 unspecified atom stereocenters. The second-order valence-corrected chi connectivity index (χ2v) is 8.98. The predicted octanol–water partition coefficient (Wildman–Crippen LogP) is 7.37. The molecule has 0 radical (unpaired) electrons. The lowest BCUT2D eigenvalue weighted by Gasteiger charge is -2.13. The van der Waals surface area contributed by atoms with Gasteiger partial charge < -0.3 is 14.2 Å². The summed E-state index contributed by atoms with van der Waals surface area (Å²) < 4.78 is 54.8. The van der Waals surface area contributed by atoms with Gasteiger partial charge in [-0.15, -0.1) is 24.5 Å². The smallest absolute Gasteiger partial charge is 0.463 e. The van der Waals surface area contributed by atoms with Gasteiger partial charge in [-0.1, -0.05) is 49.6 Å². The van der Waals surface area contributed by atoms with Crippen molar-refractivity contribution >= 4 is 43.4 Å². The molecule has 0 bridgehead atoms. The number of carbonyl (C=O) groups excluding carboxylic acids is 2. The van der Waals surface area contributed by atoms with Crippen LogP contribution in [0.25, 0.3) is 31.3 Å². The summed E-state index contributed by atoms with van der Waals surface area (Å²) in [6.45, 7) is 6.94. The Morgan fingerprint density at radius 1 is 0.892 bits per heavy atom. The number of ether oxygens (including phenoxy) is 3. The molecular formula is C28H21F3O5S. The minimum Gasteiger partial charge on any atom is -0.463 e. The zero-order chi connectivity index (χ0) is 26.6. The average Bonchev–Trinajstić information content (AvgIpc) is 3.25. The van der Waals surface area contributed by atoms with Crippen molar-refractivity contribution < 1.29 is 37.0 Å². The molecule has 0 amide bonds. The summed E-state index contributed by atoms with van der Waals surface area (Å²) >= 11 is 1.12.